The van der Waals surface area contributed by atoms with E-state index in [4.69, 9.17) is 9.15 Å². The molecule has 1 fully saturated rings. The molecule has 2 rings (SSSR count). The van der Waals surface area contributed by atoms with Gasteiger partial charge in [0.2, 0.25) is 0 Å². The van der Waals surface area contributed by atoms with Crippen molar-refractivity contribution >= 4 is 11.9 Å². The van der Waals surface area contributed by atoms with Crippen molar-refractivity contribution in [2.24, 2.45) is 0 Å². The van der Waals surface area contributed by atoms with Crippen molar-refractivity contribution in [2.45, 2.75) is 38.5 Å². The number of amides is 1. The number of rotatable bonds is 5. The lowest BCUT2D eigenvalue weighted by atomic mass is 10.2. The molecule has 2 heterocycles. The van der Waals surface area contributed by atoms with E-state index in [1.165, 1.54) is 12.8 Å². The molecule has 0 aliphatic carbocycles. The molecule has 0 radical (unpaired) electrons. The van der Waals surface area contributed by atoms with E-state index in [1.807, 2.05) is 6.07 Å². The zero-order valence-electron chi connectivity index (χ0n) is 11.7. The van der Waals surface area contributed by atoms with Crippen molar-refractivity contribution in [1.82, 2.24) is 4.90 Å². The summed E-state index contributed by atoms with van der Waals surface area (Å²) in [6, 6.07) is 3.60. The summed E-state index contributed by atoms with van der Waals surface area (Å²) >= 11 is 0. The maximum Gasteiger partial charge on any atom is 0.306 e. The van der Waals surface area contributed by atoms with E-state index in [-0.39, 0.29) is 24.9 Å². The quantitative estimate of drug-likeness (QED) is 0.775. The lowest BCUT2D eigenvalue weighted by molar-refractivity contribution is -0.152. The molecular formula is C15H21NO4. The molecule has 1 aromatic heterocycles. The summed E-state index contributed by atoms with van der Waals surface area (Å²) in [6.45, 7) is 1.42. The van der Waals surface area contributed by atoms with E-state index in [0.29, 0.717) is 6.42 Å². The maximum absolute atomic E-state index is 11.9. The highest BCUT2D eigenvalue weighted by Gasteiger charge is 2.17. The van der Waals surface area contributed by atoms with Crippen molar-refractivity contribution < 1.29 is 18.7 Å². The number of likely N-dealkylation sites (tertiary alicyclic amines) is 1. The predicted molar refractivity (Wildman–Crippen MR) is 73.0 cm³/mol. The fraction of sp³-hybridized carbons (Fsp3) is 0.600. The average Bonchev–Trinajstić information content (AvgIpc) is 2.83. The van der Waals surface area contributed by atoms with Crippen LogP contribution in [-0.4, -0.2) is 36.5 Å². The minimum absolute atomic E-state index is 0.0850. The Morgan fingerprint density at radius 3 is 2.60 bits per heavy atom. The Labute approximate surface area is 118 Å². The molecule has 1 aromatic rings. The fourth-order valence-corrected chi connectivity index (χ4v) is 2.31. The lowest BCUT2D eigenvalue weighted by Crippen LogP contribution is -2.35. The molecule has 110 valence electrons. The number of hydrogen-bond donors (Lipinski definition) is 0. The Bertz CT molecular complexity index is 419. The van der Waals surface area contributed by atoms with Gasteiger partial charge in [0.1, 0.15) is 5.76 Å². The molecule has 20 heavy (non-hydrogen) atoms. The molecule has 1 saturated heterocycles. The smallest absolute Gasteiger partial charge is 0.306 e. The second kappa shape index (κ2) is 7.72. The van der Waals surface area contributed by atoms with Gasteiger partial charge in [-0.25, -0.2) is 0 Å². The highest BCUT2D eigenvalue weighted by atomic mass is 16.5. The van der Waals surface area contributed by atoms with E-state index in [2.05, 4.69) is 0 Å². The van der Waals surface area contributed by atoms with Gasteiger partial charge < -0.3 is 14.1 Å². The third-order valence-corrected chi connectivity index (χ3v) is 3.47. The van der Waals surface area contributed by atoms with Crippen LogP contribution in [0.5, 0.6) is 0 Å². The van der Waals surface area contributed by atoms with Crippen LogP contribution in [0.1, 0.15) is 37.9 Å². The third-order valence-electron chi connectivity index (χ3n) is 3.47. The van der Waals surface area contributed by atoms with Crippen LogP contribution >= 0.6 is 0 Å². The largest absolute Gasteiger partial charge is 0.469 e. The predicted octanol–water partition coefficient (Wildman–Crippen LogP) is 2.16. The van der Waals surface area contributed by atoms with Gasteiger partial charge in [0, 0.05) is 19.5 Å². The Morgan fingerprint density at radius 2 is 1.95 bits per heavy atom. The van der Waals surface area contributed by atoms with Crippen LogP contribution in [0.4, 0.5) is 0 Å². The molecule has 1 aliphatic heterocycles. The van der Waals surface area contributed by atoms with Crippen LogP contribution < -0.4 is 0 Å². The van der Waals surface area contributed by atoms with Gasteiger partial charge in [-0.15, -0.1) is 0 Å². The molecule has 1 amide bonds. The van der Waals surface area contributed by atoms with Crippen molar-refractivity contribution in [1.29, 1.82) is 0 Å². The van der Waals surface area contributed by atoms with E-state index >= 15 is 0 Å². The Hall–Kier alpha value is -1.78. The van der Waals surface area contributed by atoms with Crippen molar-refractivity contribution in [3.8, 4) is 0 Å². The summed E-state index contributed by atoms with van der Waals surface area (Å²) in [5.41, 5.74) is 0. The molecule has 1 aliphatic rings. The average molecular weight is 279 g/mol. The molecule has 0 atom stereocenters. The third kappa shape index (κ3) is 4.72. The Morgan fingerprint density at radius 1 is 1.20 bits per heavy atom. The summed E-state index contributed by atoms with van der Waals surface area (Å²) in [7, 11) is 0. The number of furan rings is 1. The van der Waals surface area contributed by atoms with Crippen LogP contribution in [0.25, 0.3) is 0 Å². The van der Waals surface area contributed by atoms with Crippen molar-refractivity contribution in [3.05, 3.63) is 24.2 Å². The molecule has 0 bridgehead atoms. The van der Waals surface area contributed by atoms with Crippen LogP contribution in [0.2, 0.25) is 0 Å². The zero-order chi connectivity index (χ0) is 14.2. The summed E-state index contributed by atoms with van der Waals surface area (Å²) in [5.74, 6) is 0.309. The second-order valence-corrected chi connectivity index (χ2v) is 5.04. The molecule has 0 spiro atoms. The SMILES string of the molecule is O=C(CCc1ccco1)OCC(=O)N1CCCCCC1. The van der Waals surface area contributed by atoms with E-state index < -0.39 is 0 Å². The van der Waals surface area contributed by atoms with Crippen LogP contribution in [-0.2, 0) is 20.7 Å². The fourth-order valence-electron chi connectivity index (χ4n) is 2.31. The summed E-state index contributed by atoms with van der Waals surface area (Å²) in [6.07, 6.45) is 6.74. The molecular weight excluding hydrogens is 258 g/mol. The summed E-state index contributed by atoms with van der Waals surface area (Å²) in [5, 5.41) is 0. The molecule has 0 saturated carbocycles. The first kappa shape index (κ1) is 14.6. The Balaban J connectivity index is 1.65. The van der Waals surface area contributed by atoms with Crippen LogP contribution in [0, 0.1) is 0 Å². The first-order valence-electron chi connectivity index (χ1n) is 7.21. The monoisotopic (exact) mass is 279 g/mol. The van der Waals surface area contributed by atoms with Gasteiger partial charge >= 0.3 is 5.97 Å². The number of hydrogen-bond acceptors (Lipinski definition) is 4. The molecule has 0 unspecified atom stereocenters. The van der Waals surface area contributed by atoms with E-state index in [9.17, 15) is 9.59 Å². The minimum Gasteiger partial charge on any atom is -0.469 e. The topological polar surface area (TPSA) is 59.8 Å². The van der Waals surface area contributed by atoms with Gasteiger partial charge in [-0.1, -0.05) is 12.8 Å². The molecule has 0 aromatic carbocycles. The number of ether oxygens (including phenoxy) is 1. The highest BCUT2D eigenvalue weighted by Crippen LogP contribution is 2.10. The number of carbonyl (C=O) groups is 2. The van der Waals surface area contributed by atoms with Gasteiger partial charge in [0.05, 0.1) is 12.7 Å². The number of nitrogens with zero attached hydrogens (tertiary/aromatic N) is 1. The second-order valence-electron chi connectivity index (χ2n) is 5.04. The van der Waals surface area contributed by atoms with Gasteiger partial charge in [-0.3, -0.25) is 9.59 Å². The molecule has 5 heteroatoms. The number of carbonyl (C=O) groups excluding carboxylic acids is 2. The van der Waals surface area contributed by atoms with Gasteiger partial charge in [-0.05, 0) is 25.0 Å². The molecule has 5 nitrogen and oxygen atoms in total. The van der Waals surface area contributed by atoms with Gasteiger partial charge in [0.15, 0.2) is 6.61 Å². The van der Waals surface area contributed by atoms with Crippen molar-refractivity contribution in [2.75, 3.05) is 19.7 Å². The van der Waals surface area contributed by atoms with Gasteiger partial charge in [0.25, 0.3) is 5.91 Å². The minimum atomic E-state index is -0.357. The standard InChI is InChI=1S/C15H21NO4/c17-14(16-9-3-1-2-4-10-16)12-20-15(18)8-7-13-6-5-11-19-13/h5-6,11H,1-4,7-10,12H2. The van der Waals surface area contributed by atoms with Gasteiger partial charge in [-0.2, -0.15) is 0 Å². The normalized spacial score (nSPS) is 15.7. The van der Waals surface area contributed by atoms with Crippen LogP contribution in [0.3, 0.4) is 0 Å². The van der Waals surface area contributed by atoms with E-state index in [0.717, 1.165) is 31.7 Å². The lowest BCUT2D eigenvalue weighted by Gasteiger charge is -2.19. The summed E-state index contributed by atoms with van der Waals surface area (Å²) < 4.78 is 10.2. The first-order valence-corrected chi connectivity index (χ1v) is 7.21. The highest BCUT2D eigenvalue weighted by molar-refractivity contribution is 5.80. The zero-order valence-corrected chi connectivity index (χ0v) is 11.7. The Kier molecular flexibility index (Phi) is 5.65. The van der Waals surface area contributed by atoms with Crippen molar-refractivity contribution in [3.63, 3.8) is 0 Å². The van der Waals surface area contributed by atoms with Crippen LogP contribution in [0.15, 0.2) is 22.8 Å². The number of esters is 1. The van der Waals surface area contributed by atoms with E-state index in [1.54, 1.807) is 17.2 Å². The maximum atomic E-state index is 11.9. The number of aryl methyl sites for hydroxylation is 1. The first-order chi connectivity index (χ1) is 9.75. The molecule has 0 N–H and O–H groups in total. The summed E-state index contributed by atoms with van der Waals surface area (Å²) in [4.78, 5) is 25.3.